The zero-order chi connectivity index (χ0) is 48.8. The van der Waals surface area contributed by atoms with Gasteiger partial charge < -0.3 is 68.7 Å². The molecule has 5 aromatic carbocycles. The van der Waals surface area contributed by atoms with Gasteiger partial charge in [0.05, 0.1) is 38.6 Å². The Hall–Kier alpha value is -5.76. The molecule has 7 rings (SSSR count). The van der Waals surface area contributed by atoms with Crippen molar-refractivity contribution in [1.29, 1.82) is 0 Å². The Bertz CT molecular complexity index is 2310. The summed E-state index contributed by atoms with van der Waals surface area (Å²) in [5.41, 5.74) is 4.25. The summed E-state index contributed by atoms with van der Waals surface area (Å²) in [5, 5.41) is 65.2. The molecule has 0 aliphatic carbocycles. The van der Waals surface area contributed by atoms with Gasteiger partial charge in [-0.3, -0.25) is 0 Å². The third-order valence-corrected chi connectivity index (χ3v) is 12.3. The molecule has 0 spiro atoms. The SMILES string of the molecule is C[C@@H]1C(O)C[C@](O[C@@H]2C(OCc3ccccc3)[C@H](Oc3ccc(CCN(Cc4ccccc4)C(=O)OCc4ccccc4)cc3)OC(COCc3ccccc3)[C@@H]2O)(C(=O)O)O[C@H]1[C@H](O)[C@H](O)CO. The molecule has 0 bridgehead atoms. The second-order valence-corrected chi connectivity index (χ2v) is 17.3. The molecule has 2 aliphatic rings. The molecule has 0 aromatic heterocycles. The maximum atomic E-state index is 13.4. The fourth-order valence-electron chi connectivity index (χ4n) is 8.30. The van der Waals surface area contributed by atoms with Crippen LogP contribution in [0.3, 0.4) is 0 Å². The first-order valence-corrected chi connectivity index (χ1v) is 23.0. The van der Waals surface area contributed by atoms with Crippen LogP contribution in [0.25, 0.3) is 0 Å². The summed E-state index contributed by atoms with van der Waals surface area (Å²) in [6, 6.07) is 44.6. The highest BCUT2D eigenvalue weighted by Gasteiger charge is 2.59. The van der Waals surface area contributed by atoms with Gasteiger partial charge in [-0.2, -0.15) is 0 Å². The molecule has 16 heteroatoms. The number of ether oxygens (including phenoxy) is 7. The average Bonchev–Trinajstić information content (AvgIpc) is 3.37. The smallest absolute Gasteiger partial charge is 0.410 e. The highest BCUT2D eigenvalue weighted by atomic mass is 16.8. The number of rotatable bonds is 22. The molecular weight excluding hydrogens is 891 g/mol. The van der Waals surface area contributed by atoms with E-state index >= 15 is 0 Å². The number of hydrogen-bond acceptors (Lipinski definition) is 14. The van der Waals surface area contributed by atoms with Crippen molar-refractivity contribution in [2.75, 3.05) is 19.8 Å². The van der Waals surface area contributed by atoms with Crippen LogP contribution in [-0.4, -0.2) is 128 Å². The van der Waals surface area contributed by atoms with Crippen LogP contribution in [0.1, 0.15) is 41.2 Å². The lowest BCUT2D eigenvalue weighted by molar-refractivity contribution is -0.371. The van der Waals surface area contributed by atoms with E-state index in [1.54, 1.807) is 17.0 Å². The van der Waals surface area contributed by atoms with Gasteiger partial charge >= 0.3 is 12.1 Å². The van der Waals surface area contributed by atoms with Crippen LogP contribution in [-0.2, 0) is 66.0 Å². The van der Waals surface area contributed by atoms with Gasteiger partial charge in [-0.05, 0) is 46.4 Å². The number of hydrogen-bond donors (Lipinski definition) is 6. The molecule has 0 saturated carbocycles. The van der Waals surface area contributed by atoms with Crippen LogP contribution in [0, 0.1) is 5.92 Å². The lowest BCUT2D eigenvalue weighted by Gasteiger charge is -2.50. The number of carbonyl (C=O) groups excluding carboxylic acids is 1. The first-order valence-electron chi connectivity index (χ1n) is 23.0. The van der Waals surface area contributed by atoms with E-state index in [2.05, 4.69) is 0 Å². The zero-order valence-corrected chi connectivity index (χ0v) is 38.3. The van der Waals surface area contributed by atoms with E-state index in [1.165, 1.54) is 6.92 Å². The van der Waals surface area contributed by atoms with Crippen molar-refractivity contribution < 1.29 is 73.4 Å². The third-order valence-electron chi connectivity index (χ3n) is 12.3. The Morgan fingerprint density at radius 1 is 0.739 bits per heavy atom. The Morgan fingerprint density at radius 2 is 1.30 bits per heavy atom. The summed E-state index contributed by atoms with van der Waals surface area (Å²) in [4.78, 5) is 28.4. The molecule has 6 N–H and O–H groups in total. The summed E-state index contributed by atoms with van der Waals surface area (Å²) in [7, 11) is 0. The molecule has 1 amide bonds. The topological polar surface area (TPSA) is 223 Å². The van der Waals surface area contributed by atoms with E-state index in [9.17, 15) is 40.2 Å². The number of aliphatic hydroxyl groups excluding tert-OH is 5. The van der Waals surface area contributed by atoms with Gasteiger partial charge in [0.2, 0.25) is 6.29 Å². The molecule has 11 atom stereocenters. The summed E-state index contributed by atoms with van der Waals surface area (Å²) in [6.07, 6.45) is -14.4. The van der Waals surface area contributed by atoms with Crippen LogP contribution in [0.2, 0.25) is 0 Å². The molecule has 69 heavy (non-hydrogen) atoms. The molecular formula is C53H61NO15. The van der Waals surface area contributed by atoms with Gasteiger partial charge in [0.1, 0.15) is 49.0 Å². The van der Waals surface area contributed by atoms with E-state index in [4.69, 9.17) is 33.2 Å². The maximum absolute atomic E-state index is 13.4. The van der Waals surface area contributed by atoms with Gasteiger partial charge in [0.15, 0.2) is 0 Å². The molecule has 2 fully saturated rings. The first-order chi connectivity index (χ1) is 33.4. The monoisotopic (exact) mass is 951 g/mol. The van der Waals surface area contributed by atoms with Crippen molar-refractivity contribution >= 4 is 12.1 Å². The van der Waals surface area contributed by atoms with E-state index in [-0.39, 0.29) is 26.4 Å². The van der Waals surface area contributed by atoms with Gasteiger partial charge in [0, 0.05) is 25.4 Å². The van der Waals surface area contributed by atoms with E-state index in [0.717, 1.165) is 27.8 Å². The lowest BCUT2D eigenvalue weighted by atomic mass is 9.84. The van der Waals surface area contributed by atoms with Crippen molar-refractivity contribution in [3.05, 3.63) is 173 Å². The Labute approximate surface area is 401 Å². The minimum atomic E-state index is -2.71. The Kier molecular flexibility index (Phi) is 18.3. The van der Waals surface area contributed by atoms with Gasteiger partial charge in [-0.15, -0.1) is 0 Å². The fraction of sp³-hybridized carbons (Fsp3) is 0.396. The third kappa shape index (κ3) is 13.7. The Morgan fingerprint density at radius 3 is 1.88 bits per heavy atom. The normalized spacial score (nSPS) is 25.5. The molecule has 368 valence electrons. The van der Waals surface area contributed by atoms with Crippen molar-refractivity contribution in [3.63, 3.8) is 0 Å². The van der Waals surface area contributed by atoms with E-state index in [1.807, 2.05) is 133 Å². The van der Waals surface area contributed by atoms with Crippen LogP contribution >= 0.6 is 0 Å². The largest absolute Gasteiger partial charge is 0.477 e. The number of amides is 1. The zero-order valence-electron chi connectivity index (χ0n) is 38.3. The quantitative estimate of drug-likeness (QED) is 0.0537. The standard InChI is InChI=1S/C53H61NO15/c1-35-42(56)28-53(51(60)61,68-47(35)45(58)43(57)30-55)69-48-46(59)44(34-63-31-38-16-8-3-9-17-38)67-50(49(48)64-32-39-18-10-4-11-19-39)66-41-24-22-36(23-25-41)26-27-54(29-37-14-6-2-7-15-37)52(62)65-33-40-20-12-5-13-21-40/h2-25,35,42-50,55-59H,26-34H2,1H3,(H,60,61)/t35-,42?,43-,44?,45-,46+,47-,48+,49?,50-,53+/m1/s1. The molecule has 0 radical (unpaired) electrons. The summed E-state index contributed by atoms with van der Waals surface area (Å²) in [6.45, 7) is 1.30. The summed E-state index contributed by atoms with van der Waals surface area (Å²) in [5.74, 6) is -5.01. The molecule has 5 aromatic rings. The predicted molar refractivity (Wildman–Crippen MR) is 249 cm³/mol. The Balaban J connectivity index is 1.14. The number of aliphatic hydroxyl groups is 5. The van der Waals surface area contributed by atoms with Gasteiger partial charge in [-0.1, -0.05) is 140 Å². The molecule has 2 heterocycles. The van der Waals surface area contributed by atoms with Crippen molar-refractivity contribution in [2.45, 2.75) is 107 Å². The van der Waals surface area contributed by atoms with Crippen molar-refractivity contribution in [3.8, 4) is 5.75 Å². The van der Waals surface area contributed by atoms with Crippen molar-refractivity contribution in [2.24, 2.45) is 5.92 Å². The highest BCUT2D eigenvalue weighted by Crippen LogP contribution is 2.40. The summed E-state index contributed by atoms with van der Waals surface area (Å²) < 4.78 is 43.5. The van der Waals surface area contributed by atoms with Crippen LogP contribution in [0.15, 0.2) is 146 Å². The van der Waals surface area contributed by atoms with Crippen molar-refractivity contribution in [1.82, 2.24) is 4.90 Å². The predicted octanol–water partition coefficient (Wildman–Crippen LogP) is 5.00. The van der Waals surface area contributed by atoms with E-state index in [0.29, 0.717) is 25.3 Å². The highest BCUT2D eigenvalue weighted by molar-refractivity contribution is 5.76. The lowest BCUT2D eigenvalue weighted by Crippen LogP contribution is -2.67. The molecule has 16 nitrogen and oxygen atoms in total. The fourth-order valence-corrected chi connectivity index (χ4v) is 8.30. The first kappa shape index (κ1) is 51.1. The van der Waals surface area contributed by atoms with E-state index < -0.39 is 91.9 Å². The van der Waals surface area contributed by atoms with Crippen LogP contribution in [0.5, 0.6) is 5.75 Å². The molecule has 2 aliphatic heterocycles. The van der Waals surface area contributed by atoms with Gasteiger partial charge in [0.25, 0.3) is 5.79 Å². The van der Waals surface area contributed by atoms with Crippen LogP contribution < -0.4 is 4.74 Å². The number of nitrogens with zero attached hydrogens (tertiary/aromatic N) is 1. The number of carboxylic acids is 1. The maximum Gasteiger partial charge on any atom is 0.410 e. The second kappa shape index (κ2) is 24.7. The second-order valence-electron chi connectivity index (χ2n) is 17.3. The number of benzene rings is 5. The van der Waals surface area contributed by atoms with Gasteiger partial charge in [-0.25, -0.2) is 9.59 Å². The molecule has 2 saturated heterocycles. The number of aliphatic carboxylic acids is 1. The minimum absolute atomic E-state index is 0.0622. The summed E-state index contributed by atoms with van der Waals surface area (Å²) >= 11 is 0. The van der Waals surface area contributed by atoms with Crippen LogP contribution in [0.4, 0.5) is 4.79 Å². The number of carbonyl (C=O) groups is 2. The average molecular weight is 952 g/mol. The number of carboxylic acid groups (broad SMARTS) is 1. The minimum Gasteiger partial charge on any atom is -0.477 e. The molecule has 3 unspecified atom stereocenters.